The topological polar surface area (TPSA) is 105 Å². The van der Waals surface area contributed by atoms with Crippen LogP contribution < -0.4 is 11.2 Å². The van der Waals surface area contributed by atoms with E-state index in [-0.39, 0.29) is 0 Å². The third-order valence-corrected chi connectivity index (χ3v) is 3.16. The Morgan fingerprint density at radius 1 is 1.39 bits per heavy atom. The zero-order valence-electron chi connectivity index (χ0n) is 10.2. The van der Waals surface area contributed by atoms with Crippen LogP contribution in [0.1, 0.15) is 25.1 Å². The first-order chi connectivity index (χ1) is 8.45. The van der Waals surface area contributed by atoms with E-state index in [1.165, 1.54) is 6.20 Å². The maximum Gasteiger partial charge on any atom is 0.330 e. The van der Waals surface area contributed by atoms with Crippen molar-refractivity contribution < 1.29 is 14.9 Å². The number of aliphatic hydroxyl groups is 2. The molecule has 2 heterocycles. The molecule has 0 saturated carbocycles. The molecular formula is C11H16N2O5. The van der Waals surface area contributed by atoms with Gasteiger partial charge in [0.15, 0.2) is 6.23 Å². The van der Waals surface area contributed by atoms with Crippen molar-refractivity contribution in [1.29, 1.82) is 0 Å². The molecule has 1 saturated heterocycles. The average molecular weight is 256 g/mol. The van der Waals surface area contributed by atoms with Gasteiger partial charge in [-0.2, -0.15) is 0 Å². The standard InChI is InChI=1S/C11H16N2O5/c1-3-6-7(14)8(15)10(18-6)13-4-5(2)9(16)12-11(13)17/h4,6-8,10,14-15H,3H2,1-2H3,(H,12,16,17)/t6-,7-,8-,10-/m1/s1. The fraction of sp³-hybridized carbons (Fsp3) is 0.636. The van der Waals surface area contributed by atoms with Crippen LogP contribution in [0, 0.1) is 6.92 Å². The lowest BCUT2D eigenvalue weighted by molar-refractivity contribution is -0.0406. The van der Waals surface area contributed by atoms with Crippen molar-refractivity contribution in [2.75, 3.05) is 0 Å². The van der Waals surface area contributed by atoms with Crippen LogP contribution in [-0.4, -0.2) is 38.1 Å². The maximum absolute atomic E-state index is 11.7. The molecular weight excluding hydrogens is 240 g/mol. The van der Waals surface area contributed by atoms with Crippen LogP contribution >= 0.6 is 0 Å². The summed E-state index contributed by atoms with van der Waals surface area (Å²) in [4.78, 5) is 25.0. The van der Waals surface area contributed by atoms with E-state index in [2.05, 4.69) is 4.98 Å². The summed E-state index contributed by atoms with van der Waals surface area (Å²) in [5, 5.41) is 19.6. The predicted molar refractivity (Wildman–Crippen MR) is 62.3 cm³/mol. The molecule has 0 bridgehead atoms. The van der Waals surface area contributed by atoms with Crippen molar-refractivity contribution in [2.45, 2.75) is 44.8 Å². The molecule has 3 N–H and O–H groups in total. The van der Waals surface area contributed by atoms with Crippen LogP contribution in [0.3, 0.4) is 0 Å². The van der Waals surface area contributed by atoms with Gasteiger partial charge in [-0.05, 0) is 13.3 Å². The van der Waals surface area contributed by atoms with E-state index < -0.39 is 35.8 Å². The van der Waals surface area contributed by atoms with Crippen molar-refractivity contribution in [3.05, 3.63) is 32.6 Å². The van der Waals surface area contributed by atoms with Gasteiger partial charge in [-0.3, -0.25) is 14.3 Å². The fourth-order valence-electron chi connectivity index (χ4n) is 2.07. The number of aromatic amines is 1. The molecule has 0 unspecified atom stereocenters. The van der Waals surface area contributed by atoms with Crippen molar-refractivity contribution in [3.63, 3.8) is 0 Å². The van der Waals surface area contributed by atoms with E-state index in [1.807, 2.05) is 6.92 Å². The van der Waals surface area contributed by atoms with Crippen molar-refractivity contribution in [1.82, 2.24) is 9.55 Å². The summed E-state index contributed by atoms with van der Waals surface area (Å²) < 4.78 is 6.54. The average Bonchev–Trinajstić information content (AvgIpc) is 2.61. The molecule has 0 aliphatic carbocycles. The Labute approximate surface area is 103 Å². The molecule has 0 spiro atoms. The van der Waals surface area contributed by atoms with Gasteiger partial charge >= 0.3 is 5.69 Å². The van der Waals surface area contributed by atoms with Crippen molar-refractivity contribution in [3.8, 4) is 0 Å². The summed E-state index contributed by atoms with van der Waals surface area (Å²) >= 11 is 0. The molecule has 0 radical (unpaired) electrons. The Kier molecular flexibility index (Phi) is 3.38. The molecule has 2 rings (SSSR count). The summed E-state index contributed by atoms with van der Waals surface area (Å²) in [6.45, 7) is 3.35. The number of ether oxygens (including phenoxy) is 1. The lowest BCUT2D eigenvalue weighted by Crippen LogP contribution is -2.38. The quantitative estimate of drug-likeness (QED) is 0.621. The van der Waals surface area contributed by atoms with Crippen molar-refractivity contribution in [2.24, 2.45) is 0 Å². The van der Waals surface area contributed by atoms with Gasteiger partial charge in [-0.25, -0.2) is 4.79 Å². The molecule has 1 aliphatic heterocycles. The van der Waals surface area contributed by atoms with E-state index in [9.17, 15) is 19.8 Å². The second kappa shape index (κ2) is 4.68. The predicted octanol–water partition coefficient (Wildman–Crippen LogP) is -1.13. The van der Waals surface area contributed by atoms with Crippen LogP contribution in [0.2, 0.25) is 0 Å². The second-order valence-electron chi connectivity index (χ2n) is 4.43. The van der Waals surface area contributed by atoms with E-state index in [4.69, 9.17) is 4.74 Å². The Morgan fingerprint density at radius 2 is 2.06 bits per heavy atom. The fourth-order valence-corrected chi connectivity index (χ4v) is 2.07. The van der Waals surface area contributed by atoms with E-state index >= 15 is 0 Å². The van der Waals surface area contributed by atoms with Gasteiger partial charge in [0.25, 0.3) is 5.56 Å². The van der Waals surface area contributed by atoms with Gasteiger partial charge in [0.05, 0.1) is 6.10 Å². The molecule has 1 aromatic rings. The number of aryl methyl sites for hydroxylation is 1. The minimum absolute atomic E-state index is 0.333. The monoisotopic (exact) mass is 256 g/mol. The van der Waals surface area contributed by atoms with Gasteiger partial charge in [0.1, 0.15) is 12.2 Å². The van der Waals surface area contributed by atoms with Gasteiger partial charge in [-0.1, -0.05) is 6.92 Å². The van der Waals surface area contributed by atoms with Crippen LogP contribution in [0.15, 0.2) is 15.8 Å². The highest BCUT2D eigenvalue weighted by atomic mass is 16.6. The van der Waals surface area contributed by atoms with Crippen LogP contribution in [0.5, 0.6) is 0 Å². The number of nitrogens with zero attached hydrogens (tertiary/aromatic N) is 1. The van der Waals surface area contributed by atoms with Crippen LogP contribution in [0.25, 0.3) is 0 Å². The maximum atomic E-state index is 11.7. The van der Waals surface area contributed by atoms with Gasteiger partial charge < -0.3 is 14.9 Å². The van der Waals surface area contributed by atoms with E-state index in [0.717, 1.165) is 4.57 Å². The molecule has 0 amide bonds. The second-order valence-corrected chi connectivity index (χ2v) is 4.43. The number of hydrogen-bond donors (Lipinski definition) is 3. The van der Waals surface area contributed by atoms with Crippen LogP contribution in [0.4, 0.5) is 0 Å². The highest BCUT2D eigenvalue weighted by molar-refractivity contribution is 5.03. The first kappa shape index (κ1) is 13.0. The summed E-state index contributed by atoms with van der Waals surface area (Å²) in [7, 11) is 0. The zero-order valence-corrected chi connectivity index (χ0v) is 10.2. The normalized spacial score (nSPS) is 31.8. The first-order valence-corrected chi connectivity index (χ1v) is 5.79. The highest BCUT2D eigenvalue weighted by Crippen LogP contribution is 2.29. The molecule has 7 heteroatoms. The van der Waals surface area contributed by atoms with Gasteiger partial charge in [0.2, 0.25) is 0 Å². The molecule has 0 aromatic carbocycles. The summed E-state index contributed by atoms with van der Waals surface area (Å²) in [5.74, 6) is 0. The molecule has 1 aliphatic rings. The number of rotatable bonds is 2. The molecule has 100 valence electrons. The lowest BCUT2D eigenvalue weighted by Gasteiger charge is -2.17. The minimum Gasteiger partial charge on any atom is -0.388 e. The molecule has 1 fully saturated rings. The Bertz CT molecular complexity index is 549. The number of H-pyrrole nitrogens is 1. The Morgan fingerprint density at radius 3 is 2.61 bits per heavy atom. The number of nitrogens with one attached hydrogen (secondary N) is 1. The number of aliphatic hydroxyl groups excluding tert-OH is 2. The smallest absolute Gasteiger partial charge is 0.330 e. The molecule has 4 atom stereocenters. The summed E-state index contributed by atoms with van der Waals surface area (Å²) in [5.41, 5.74) is -0.810. The van der Waals surface area contributed by atoms with Crippen LogP contribution in [-0.2, 0) is 4.74 Å². The molecule has 18 heavy (non-hydrogen) atoms. The highest BCUT2D eigenvalue weighted by Gasteiger charge is 2.43. The number of aromatic nitrogens is 2. The van der Waals surface area contributed by atoms with E-state index in [1.54, 1.807) is 6.92 Å². The summed E-state index contributed by atoms with van der Waals surface area (Å²) in [6.07, 6.45) is -1.90. The Balaban J connectivity index is 2.42. The largest absolute Gasteiger partial charge is 0.388 e. The molecule has 7 nitrogen and oxygen atoms in total. The third kappa shape index (κ3) is 2.00. The number of hydrogen-bond acceptors (Lipinski definition) is 5. The molecule has 1 aromatic heterocycles. The van der Waals surface area contributed by atoms with Crippen molar-refractivity contribution >= 4 is 0 Å². The van der Waals surface area contributed by atoms with Gasteiger partial charge in [-0.15, -0.1) is 0 Å². The zero-order chi connectivity index (χ0) is 13.4. The Hall–Kier alpha value is -1.44. The van der Waals surface area contributed by atoms with E-state index in [0.29, 0.717) is 12.0 Å². The SMILES string of the molecule is CC[C@H]1O[C@@H](n2cc(C)c(=O)[nH]c2=O)[C@H](O)[C@@H]1O. The summed E-state index contributed by atoms with van der Waals surface area (Å²) in [6, 6.07) is 0. The lowest BCUT2D eigenvalue weighted by atomic mass is 10.1. The minimum atomic E-state index is -1.20. The van der Waals surface area contributed by atoms with Gasteiger partial charge in [0, 0.05) is 11.8 Å². The first-order valence-electron chi connectivity index (χ1n) is 5.79. The third-order valence-electron chi connectivity index (χ3n) is 3.16.